The van der Waals surface area contributed by atoms with Crippen LogP contribution < -0.4 is 9.64 Å². The molecule has 1 fully saturated rings. The topological polar surface area (TPSA) is 111 Å². The Morgan fingerprint density at radius 3 is 2.36 bits per heavy atom. The number of aliphatic hydroxyl groups excluding tert-OH is 1. The SMILES string of the molecule is Cc1cc(/C(O)=C2/C(=O)C(=O)N(c3ccc(C#N)cc3)C2c2cccc(O)c2)ccc1OCc1ccccc1. The number of aromatic hydroxyl groups is 1. The molecule has 0 spiro atoms. The zero-order chi connectivity index (χ0) is 27.5. The van der Waals surface area contributed by atoms with Crippen molar-refractivity contribution in [3.05, 3.63) is 130 Å². The number of carbonyl (C=O) groups is 2. The summed E-state index contributed by atoms with van der Waals surface area (Å²) < 4.78 is 5.94. The second kappa shape index (κ2) is 10.6. The van der Waals surface area contributed by atoms with Crippen molar-refractivity contribution < 1.29 is 24.5 Å². The lowest BCUT2D eigenvalue weighted by molar-refractivity contribution is -0.132. The van der Waals surface area contributed by atoms with Crippen molar-refractivity contribution in [1.29, 1.82) is 5.26 Å². The van der Waals surface area contributed by atoms with Gasteiger partial charge in [-0.15, -0.1) is 0 Å². The van der Waals surface area contributed by atoms with Crippen molar-refractivity contribution in [2.24, 2.45) is 0 Å². The van der Waals surface area contributed by atoms with E-state index in [1.54, 1.807) is 54.6 Å². The Bertz CT molecular complexity index is 1640. The van der Waals surface area contributed by atoms with Crippen LogP contribution in [0.5, 0.6) is 11.5 Å². The number of rotatable bonds is 6. The number of nitriles is 1. The van der Waals surface area contributed by atoms with Crippen LogP contribution in [0.1, 0.15) is 33.9 Å². The molecule has 1 saturated heterocycles. The number of carbonyl (C=O) groups excluding carboxylic acids is 2. The molecule has 1 amide bonds. The summed E-state index contributed by atoms with van der Waals surface area (Å²) in [6.07, 6.45) is 0. The van der Waals surface area contributed by atoms with Crippen LogP contribution in [0, 0.1) is 18.3 Å². The van der Waals surface area contributed by atoms with E-state index in [1.165, 1.54) is 17.0 Å². The molecule has 1 aliphatic heterocycles. The molecule has 0 aromatic heterocycles. The maximum atomic E-state index is 13.4. The molecule has 5 rings (SSSR count). The van der Waals surface area contributed by atoms with E-state index in [1.807, 2.05) is 43.3 Å². The molecule has 4 aromatic rings. The van der Waals surface area contributed by atoms with Gasteiger partial charge in [0.2, 0.25) is 0 Å². The number of phenols is 1. The molecule has 39 heavy (non-hydrogen) atoms. The van der Waals surface area contributed by atoms with E-state index in [0.717, 1.165) is 11.1 Å². The number of ketones is 1. The summed E-state index contributed by atoms with van der Waals surface area (Å²) in [4.78, 5) is 27.9. The molecule has 1 heterocycles. The number of Topliss-reactive ketones (excluding diaryl/α,β-unsaturated/α-hetero) is 1. The summed E-state index contributed by atoms with van der Waals surface area (Å²) in [6.45, 7) is 2.21. The Morgan fingerprint density at radius 1 is 0.949 bits per heavy atom. The van der Waals surface area contributed by atoms with E-state index in [-0.39, 0.29) is 17.1 Å². The van der Waals surface area contributed by atoms with Gasteiger partial charge in [-0.05, 0) is 78.2 Å². The average Bonchev–Trinajstić information content (AvgIpc) is 3.22. The van der Waals surface area contributed by atoms with Gasteiger partial charge in [-0.2, -0.15) is 5.26 Å². The summed E-state index contributed by atoms with van der Waals surface area (Å²) >= 11 is 0. The highest BCUT2D eigenvalue weighted by Gasteiger charge is 2.47. The standard InChI is InChI=1S/C32H24N2O5/c1-20-16-24(12-15-27(20)39-19-22-6-3-2-4-7-22)30(36)28-29(23-8-5-9-26(35)17-23)34(32(38)31(28)37)25-13-10-21(18-33)11-14-25/h2-17,29,35-36H,19H2,1H3/b30-28-. The normalized spacial score (nSPS) is 16.2. The van der Waals surface area contributed by atoms with Crippen LogP contribution in [-0.2, 0) is 16.2 Å². The molecule has 1 aliphatic rings. The highest BCUT2D eigenvalue weighted by Crippen LogP contribution is 2.43. The van der Waals surface area contributed by atoms with E-state index < -0.39 is 17.7 Å². The van der Waals surface area contributed by atoms with Crippen LogP contribution in [0.2, 0.25) is 0 Å². The van der Waals surface area contributed by atoms with E-state index in [2.05, 4.69) is 0 Å². The first kappa shape index (κ1) is 25.3. The van der Waals surface area contributed by atoms with Crippen LogP contribution in [0.15, 0.2) is 103 Å². The minimum absolute atomic E-state index is 0.0475. The maximum absolute atomic E-state index is 13.4. The van der Waals surface area contributed by atoms with Crippen molar-refractivity contribution in [3.63, 3.8) is 0 Å². The first-order valence-corrected chi connectivity index (χ1v) is 12.2. The smallest absolute Gasteiger partial charge is 0.300 e. The van der Waals surface area contributed by atoms with Gasteiger partial charge in [0.05, 0.1) is 23.2 Å². The van der Waals surface area contributed by atoms with Gasteiger partial charge in [-0.1, -0.05) is 42.5 Å². The summed E-state index contributed by atoms with van der Waals surface area (Å²) in [5.74, 6) is -1.44. The van der Waals surface area contributed by atoms with Crippen LogP contribution in [0.25, 0.3) is 5.76 Å². The van der Waals surface area contributed by atoms with Crippen molar-refractivity contribution in [1.82, 2.24) is 0 Å². The molecular formula is C32H24N2O5. The molecule has 0 aliphatic carbocycles. The van der Waals surface area contributed by atoms with Crippen LogP contribution >= 0.6 is 0 Å². The molecule has 192 valence electrons. The Hall–Kier alpha value is -5.35. The third kappa shape index (κ3) is 4.96. The molecule has 7 nitrogen and oxygen atoms in total. The number of phenolic OH excluding ortho intramolecular Hbond substituents is 1. The number of ether oxygens (including phenoxy) is 1. The van der Waals surface area contributed by atoms with E-state index in [4.69, 9.17) is 10.00 Å². The number of aliphatic hydroxyl groups is 1. The molecular weight excluding hydrogens is 492 g/mol. The second-order valence-electron chi connectivity index (χ2n) is 9.18. The number of benzene rings is 4. The number of hydrogen-bond acceptors (Lipinski definition) is 6. The lowest BCUT2D eigenvalue weighted by Gasteiger charge is -2.25. The molecule has 0 radical (unpaired) electrons. The fourth-order valence-electron chi connectivity index (χ4n) is 4.66. The minimum atomic E-state index is -1.00. The highest BCUT2D eigenvalue weighted by atomic mass is 16.5. The first-order valence-electron chi connectivity index (χ1n) is 12.2. The van der Waals surface area contributed by atoms with E-state index in [0.29, 0.717) is 34.7 Å². The summed E-state index contributed by atoms with van der Waals surface area (Å²) in [5, 5.41) is 30.7. The number of aryl methyl sites for hydroxylation is 1. The quantitative estimate of drug-likeness (QED) is 0.191. The molecule has 1 unspecified atom stereocenters. The van der Waals surface area contributed by atoms with Gasteiger partial charge in [0, 0.05) is 11.3 Å². The van der Waals surface area contributed by atoms with E-state index in [9.17, 15) is 19.8 Å². The minimum Gasteiger partial charge on any atom is -0.508 e. The van der Waals surface area contributed by atoms with Crippen molar-refractivity contribution in [3.8, 4) is 17.6 Å². The zero-order valence-corrected chi connectivity index (χ0v) is 21.0. The van der Waals surface area contributed by atoms with Crippen molar-refractivity contribution in [2.75, 3.05) is 4.90 Å². The van der Waals surface area contributed by atoms with Crippen LogP contribution in [0.3, 0.4) is 0 Å². The Morgan fingerprint density at radius 2 is 1.69 bits per heavy atom. The van der Waals surface area contributed by atoms with Crippen molar-refractivity contribution in [2.45, 2.75) is 19.6 Å². The van der Waals surface area contributed by atoms with Gasteiger partial charge in [-0.25, -0.2) is 0 Å². The highest BCUT2D eigenvalue weighted by molar-refractivity contribution is 6.51. The maximum Gasteiger partial charge on any atom is 0.300 e. The Kier molecular flexibility index (Phi) is 6.85. The third-order valence-electron chi connectivity index (χ3n) is 6.59. The van der Waals surface area contributed by atoms with E-state index >= 15 is 0 Å². The molecule has 0 bridgehead atoms. The average molecular weight is 517 g/mol. The fourth-order valence-corrected chi connectivity index (χ4v) is 4.66. The van der Waals surface area contributed by atoms with Gasteiger partial charge in [0.1, 0.15) is 23.9 Å². The molecule has 1 atom stereocenters. The number of amides is 1. The van der Waals surface area contributed by atoms with Gasteiger partial charge < -0.3 is 14.9 Å². The first-order chi connectivity index (χ1) is 18.9. The van der Waals surface area contributed by atoms with Crippen LogP contribution in [-0.4, -0.2) is 21.9 Å². The predicted molar refractivity (Wildman–Crippen MR) is 146 cm³/mol. The lowest BCUT2D eigenvalue weighted by atomic mass is 9.94. The van der Waals surface area contributed by atoms with Gasteiger partial charge in [0.25, 0.3) is 11.7 Å². The number of hydrogen-bond donors (Lipinski definition) is 2. The van der Waals surface area contributed by atoms with Crippen LogP contribution in [0.4, 0.5) is 5.69 Å². The molecule has 7 heteroatoms. The summed E-state index contributed by atoms with van der Waals surface area (Å²) in [6, 6.07) is 28.2. The zero-order valence-electron chi connectivity index (χ0n) is 21.0. The molecule has 4 aromatic carbocycles. The fraction of sp³-hybridized carbons (Fsp3) is 0.0938. The monoisotopic (exact) mass is 516 g/mol. The Labute approximate surface area is 225 Å². The third-order valence-corrected chi connectivity index (χ3v) is 6.59. The second-order valence-corrected chi connectivity index (χ2v) is 9.18. The Balaban J connectivity index is 1.56. The van der Waals surface area contributed by atoms with Gasteiger partial charge in [-0.3, -0.25) is 14.5 Å². The predicted octanol–water partition coefficient (Wildman–Crippen LogP) is 5.78. The summed E-state index contributed by atoms with van der Waals surface area (Å²) in [5.41, 5.74) is 3.22. The molecule has 2 N–H and O–H groups in total. The summed E-state index contributed by atoms with van der Waals surface area (Å²) in [7, 11) is 0. The number of nitrogens with zero attached hydrogens (tertiary/aromatic N) is 2. The van der Waals surface area contributed by atoms with Crippen molar-refractivity contribution >= 4 is 23.1 Å². The molecule has 0 saturated carbocycles. The number of anilines is 1. The lowest BCUT2D eigenvalue weighted by Crippen LogP contribution is -2.29. The largest absolute Gasteiger partial charge is 0.508 e. The van der Waals surface area contributed by atoms with Gasteiger partial charge in [0.15, 0.2) is 0 Å². The van der Waals surface area contributed by atoms with Gasteiger partial charge >= 0.3 is 0 Å².